The van der Waals surface area contributed by atoms with E-state index in [2.05, 4.69) is 12.1 Å². The summed E-state index contributed by atoms with van der Waals surface area (Å²) in [5.41, 5.74) is 2.47. The van der Waals surface area contributed by atoms with E-state index in [0.29, 0.717) is 0 Å². The van der Waals surface area contributed by atoms with Gasteiger partial charge in [-0.1, -0.05) is 77.8 Å². The van der Waals surface area contributed by atoms with Crippen LogP contribution in [-0.2, 0) is 5.41 Å². The number of halogens is 2. The molecule has 3 aromatic rings. The second-order valence-corrected chi connectivity index (χ2v) is 7.94. The Morgan fingerprint density at radius 2 is 1.35 bits per heavy atom. The number of rotatable bonds is 4. The van der Waals surface area contributed by atoms with Gasteiger partial charge in [0.1, 0.15) is 15.8 Å². The zero-order valence-electron chi connectivity index (χ0n) is 14.2. The lowest BCUT2D eigenvalue weighted by Crippen LogP contribution is -2.17. The second-order valence-electron chi connectivity index (χ2n) is 6.55. The average Bonchev–Trinajstić information content (AvgIpc) is 3.20. The molecule has 1 aliphatic carbocycles. The number of methoxy groups -OCH3 is 1. The summed E-state index contributed by atoms with van der Waals surface area (Å²) in [4.78, 5) is 0. The van der Waals surface area contributed by atoms with E-state index in [9.17, 15) is 5.11 Å². The Morgan fingerprint density at radius 3 is 1.88 bits per heavy atom. The summed E-state index contributed by atoms with van der Waals surface area (Å²) >= 11 is 13.8. The Balaban J connectivity index is 1.92. The smallest absolute Gasteiger partial charge is 0.140 e. The molecule has 2 atom stereocenters. The van der Waals surface area contributed by atoms with Crippen LogP contribution in [0.3, 0.4) is 0 Å². The number of ether oxygens (including phenoxy) is 1. The number of phenolic OH excluding ortho intramolecular Hbond substituents is 1. The SMILES string of the molecule is COc1ccc(C2(c3ccc(O)cc3)C(c3ccccc3)C2(Cl)Cl)cc1. The summed E-state index contributed by atoms with van der Waals surface area (Å²) in [5.74, 6) is 0.893. The van der Waals surface area contributed by atoms with Gasteiger partial charge in [-0.3, -0.25) is 0 Å². The lowest BCUT2D eigenvalue weighted by Gasteiger charge is -2.21. The molecule has 0 bridgehead atoms. The first-order valence-corrected chi connectivity index (χ1v) is 9.14. The zero-order valence-corrected chi connectivity index (χ0v) is 15.7. The van der Waals surface area contributed by atoms with Gasteiger partial charge in [0, 0.05) is 5.92 Å². The first-order valence-electron chi connectivity index (χ1n) is 8.38. The highest BCUT2D eigenvalue weighted by molar-refractivity contribution is 6.53. The van der Waals surface area contributed by atoms with Crippen molar-refractivity contribution in [1.29, 1.82) is 0 Å². The van der Waals surface area contributed by atoms with Crippen LogP contribution >= 0.6 is 23.2 Å². The van der Waals surface area contributed by atoms with Crippen molar-refractivity contribution in [2.24, 2.45) is 0 Å². The van der Waals surface area contributed by atoms with Crippen LogP contribution in [0.5, 0.6) is 11.5 Å². The second kappa shape index (κ2) is 6.22. The number of benzene rings is 3. The molecule has 0 radical (unpaired) electrons. The van der Waals surface area contributed by atoms with Crippen molar-refractivity contribution in [3.8, 4) is 11.5 Å². The quantitative estimate of drug-likeness (QED) is 0.588. The molecule has 26 heavy (non-hydrogen) atoms. The first-order chi connectivity index (χ1) is 12.5. The number of hydrogen-bond donors (Lipinski definition) is 1. The van der Waals surface area contributed by atoms with E-state index in [-0.39, 0.29) is 11.7 Å². The van der Waals surface area contributed by atoms with Crippen LogP contribution in [0.4, 0.5) is 0 Å². The summed E-state index contributed by atoms with van der Waals surface area (Å²) in [5, 5.41) is 9.71. The van der Waals surface area contributed by atoms with E-state index in [4.69, 9.17) is 27.9 Å². The monoisotopic (exact) mass is 384 g/mol. The van der Waals surface area contributed by atoms with Gasteiger partial charge in [-0.05, 0) is 41.0 Å². The van der Waals surface area contributed by atoms with Gasteiger partial charge in [0.2, 0.25) is 0 Å². The predicted octanol–water partition coefficient (Wildman–Crippen LogP) is 5.66. The lowest BCUT2D eigenvalue weighted by atomic mass is 9.84. The van der Waals surface area contributed by atoms with Gasteiger partial charge in [0.05, 0.1) is 12.5 Å². The van der Waals surface area contributed by atoms with Crippen molar-refractivity contribution in [3.63, 3.8) is 0 Å². The highest BCUT2D eigenvalue weighted by atomic mass is 35.5. The van der Waals surface area contributed by atoms with E-state index in [1.807, 2.05) is 54.6 Å². The molecule has 2 unspecified atom stereocenters. The zero-order chi connectivity index (χ0) is 18.4. The molecule has 3 aromatic carbocycles. The van der Waals surface area contributed by atoms with Crippen LogP contribution in [0.1, 0.15) is 22.6 Å². The number of alkyl halides is 2. The molecule has 0 amide bonds. The van der Waals surface area contributed by atoms with E-state index in [0.717, 1.165) is 22.4 Å². The molecule has 0 aromatic heterocycles. The standard InChI is InChI=1S/C22H18Cl2O2/c1-26-19-13-9-17(10-14-19)21(16-7-11-18(25)12-8-16)20(22(21,23)24)15-5-3-2-4-6-15/h2-14,20,25H,1H3. The van der Waals surface area contributed by atoms with Crippen molar-refractivity contribution in [3.05, 3.63) is 95.6 Å². The third-order valence-electron chi connectivity index (χ3n) is 5.24. The van der Waals surface area contributed by atoms with Crippen molar-refractivity contribution < 1.29 is 9.84 Å². The predicted molar refractivity (Wildman–Crippen MR) is 106 cm³/mol. The summed E-state index contributed by atoms with van der Waals surface area (Å²) in [7, 11) is 1.64. The molecule has 1 fully saturated rings. The fourth-order valence-corrected chi connectivity index (χ4v) is 5.10. The maximum atomic E-state index is 9.71. The molecule has 1 saturated carbocycles. The molecule has 0 saturated heterocycles. The number of phenols is 1. The highest BCUT2D eigenvalue weighted by Crippen LogP contribution is 2.77. The molecule has 132 valence electrons. The van der Waals surface area contributed by atoms with Gasteiger partial charge < -0.3 is 9.84 Å². The molecule has 4 heteroatoms. The number of hydrogen-bond acceptors (Lipinski definition) is 2. The topological polar surface area (TPSA) is 29.5 Å². The maximum absolute atomic E-state index is 9.71. The minimum Gasteiger partial charge on any atom is -0.508 e. The highest BCUT2D eigenvalue weighted by Gasteiger charge is 2.77. The maximum Gasteiger partial charge on any atom is 0.140 e. The van der Waals surface area contributed by atoms with Crippen molar-refractivity contribution >= 4 is 23.2 Å². The van der Waals surface area contributed by atoms with Crippen LogP contribution in [0.15, 0.2) is 78.9 Å². The van der Waals surface area contributed by atoms with Crippen LogP contribution in [0.25, 0.3) is 0 Å². The first kappa shape index (κ1) is 17.3. The third-order valence-corrected chi connectivity index (χ3v) is 6.27. The minimum atomic E-state index is -1.00. The molecule has 1 aliphatic rings. The summed E-state index contributed by atoms with van der Waals surface area (Å²) < 4.78 is 4.29. The van der Waals surface area contributed by atoms with E-state index in [1.165, 1.54) is 0 Å². The fourth-order valence-electron chi connectivity index (χ4n) is 3.97. The molecular formula is C22H18Cl2O2. The van der Waals surface area contributed by atoms with Crippen LogP contribution in [0.2, 0.25) is 0 Å². The van der Waals surface area contributed by atoms with E-state index < -0.39 is 9.75 Å². The minimum absolute atomic E-state index is 0.0996. The van der Waals surface area contributed by atoms with Gasteiger partial charge in [0.25, 0.3) is 0 Å². The van der Waals surface area contributed by atoms with E-state index in [1.54, 1.807) is 19.2 Å². The molecule has 4 rings (SSSR count). The van der Waals surface area contributed by atoms with Gasteiger partial charge in [-0.25, -0.2) is 0 Å². The number of aromatic hydroxyl groups is 1. The molecule has 0 spiro atoms. The van der Waals surface area contributed by atoms with Gasteiger partial charge in [-0.15, -0.1) is 0 Å². The molecule has 1 N–H and O–H groups in total. The largest absolute Gasteiger partial charge is 0.508 e. The van der Waals surface area contributed by atoms with Gasteiger partial charge in [-0.2, -0.15) is 0 Å². The molecule has 0 aliphatic heterocycles. The third kappa shape index (κ3) is 2.40. The van der Waals surface area contributed by atoms with Gasteiger partial charge >= 0.3 is 0 Å². The normalized spacial score (nSPS) is 23.4. The van der Waals surface area contributed by atoms with Crippen LogP contribution in [0, 0.1) is 0 Å². The Bertz CT molecular complexity index is 905. The lowest BCUT2D eigenvalue weighted by molar-refractivity contribution is 0.414. The van der Waals surface area contributed by atoms with E-state index >= 15 is 0 Å². The Labute approximate surface area is 163 Å². The van der Waals surface area contributed by atoms with Crippen molar-refractivity contribution in [1.82, 2.24) is 0 Å². The van der Waals surface area contributed by atoms with Crippen LogP contribution in [-0.4, -0.2) is 16.5 Å². The summed E-state index contributed by atoms with van der Waals surface area (Å²) in [6.07, 6.45) is 0. The molecular weight excluding hydrogens is 367 g/mol. The van der Waals surface area contributed by atoms with Crippen molar-refractivity contribution in [2.75, 3.05) is 7.11 Å². The Hall–Kier alpha value is -2.16. The average molecular weight is 385 g/mol. The van der Waals surface area contributed by atoms with Crippen LogP contribution < -0.4 is 4.74 Å². The summed E-state index contributed by atoms with van der Waals surface area (Å²) in [6, 6.07) is 25.0. The van der Waals surface area contributed by atoms with Crippen molar-refractivity contribution in [2.45, 2.75) is 15.7 Å². The summed E-state index contributed by atoms with van der Waals surface area (Å²) in [6.45, 7) is 0. The van der Waals surface area contributed by atoms with Gasteiger partial charge in [0.15, 0.2) is 0 Å². The fraction of sp³-hybridized carbons (Fsp3) is 0.182. The molecule has 2 nitrogen and oxygen atoms in total. The molecule has 0 heterocycles. The Kier molecular flexibility index (Phi) is 4.13. The Morgan fingerprint density at radius 1 is 0.808 bits per heavy atom.